The molecule has 88 valence electrons. The van der Waals surface area contributed by atoms with Crippen molar-refractivity contribution in [3.8, 4) is 5.88 Å². The van der Waals surface area contributed by atoms with E-state index in [9.17, 15) is 0 Å². The van der Waals surface area contributed by atoms with E-state index in [0.29, 0.717) is 19.0 Å². The first-order valence-corrected chi connectivity index (χ1v) is 5.96. The molecule has 0 bridgehead atoms. The Hall–Kier alpha value is -1.46. The molecular weight excluding hydrogens is 282 g/mol. The largest absolute Gasteiger partial charge is 0.472 e. The molecular formula is C12H12BrN3O. The zero-order valence-corrected chi connectivity index (χ0v) is 10.7. The van der Waals surface area contributed by atoms with Crippen molar-refractivity contribution in [1.29, 1.82) is 0 Å². The maximum absolute atomic E-state index is 5.53. The van der Waals surface area contributed by atoms with Crippen LogP contribution in [0.15, 0.2) is 41.1 Å². The third-order valence-corrected chi connectivity index (χ3v) is 3.00. The minimum absolute atomic E-state index is 0.386. The molecule has 0 saturated heterocycles. The highest BCUT2D eigenvalue weighted by Gasteiger charge is 2.01. The normalized spacial score (nSPS) is 10.2. The second-order valence-corrected chi connectivity index (χ2v) is 4.28. The predicted molar refractivity (Wildman–Crippen MR) is 68.4 cm³/mol. The van der Waals surface area contributed by atoms with Crippen molar-refractivity contribution in [2.45, 2.75) is 13.2 Å². The molecule has 4 nitrogen and oxygen atoms in total. The summed E-state index contributed by atoms with van der Waals surface area (Å²) in [6, 6.07) is 7.89. The monoisotopic (exact) mass is 293 g/mol. The van der Waals surface area contributed by atoms with Crippen molar-refractivity contribution in [3.63, 3.8) is 0 Å². The maximum atomic E-state index is 5.53. The smallest absolute Gasteiger partial charge is 0.232 e. The summed E-state index contributed by atoms with van der Waals surface area (Å²) in [5, 5.41) is 0. The van der Waals surface area contributed by atoms with Crippen LogP contribution in [0.3, 0.4) is 0 Å². The van der Waals surface area contributed by atoms with Gasteiger partial charge in [-0.05, 0) is 6.07 Å². The molecule has 0 amide bonds. The zero-order valence-electron chi connectivity index (χ0n) is 9.14. The zero-order chi connectivity index (χ0) is 12.1. The first-order valence-electron chi connectivity index (χ1n) is 5.17. The molecule has 2 rings (SSSR count). The van der Waals surface area contributed by atoms with E-state index >= 15 is 0 Å². The van der Waals surface area contributed by atoms with Crippen LogP contribution in [0.25, 0.3) is 0 Å². The molecule has 5 heteroatoms. The van der Waals surface area contributed by atoms with E-state index in [1.165, 1.54) is 0 Å². The van der Waals surface area contributed by atoms with E-state index < -0.39 is 0 Å². The standard InChI is InChI=1S/C12H12BrN3O/c13-11-4-2-1-3-9(11)8-17-12-7-15-10(5-14)6-16-12/h1-4,6-7H,5,8,14H2. The molecule has 0 unspecified atom stereocenters. The summed E-state index contributed by atoms with van der Waals surface area (Å²) in [5.41, 5.74) is 7.25. The number of aromatic nitrogens is 2. The highest BCUT2D eigenvalue weighted by atomic mass is 79.9. The third kappa shape index (κ3) is 3.25. The number of hydrogen-bond donors (Lipinski definition) is 1. The lowest BCUT2D eigenvalue weighted by atomic mass is 10.2. The molecule has 2 N–H and O–H groups in total. The van der Waals surface area contributed by atoms with Gasteiger partial charge < -0.3 is 10.5 Å². The van der Waals surface area contributed by atoms with E-state index in [2.05, 4.69) is 25.9 Å². The number of benzene rings is 1. The van der Waals surface area contributed by atoms with Gasteiger partial charge in [-0.2, -0.15) is 0 Å². The molecule has 0 spiro atoms. The van der Waals surface area contributed by atoms with Crippen LogP contribution in [0, 0.1) is 0 Å². The number of nitrogens with zero attached hydrogens (tertiary/aromatic N) is 2. The average Bonchev–Trinajstić information content (AvgIpc) is 2.38. The number of ether oxygens (including phenoxy) is 1. The summed E-state index contributed by atoms with van der Waals surface area (Å²) in [4.78, 5) is 8.22. The van der Waals surface area contributed by atoms with Crippen molar-refractivity contribution in [1.82, 2.24) is 9.97 Å². The Morgan fingerprint density at radius 3 is 2.65 bits per heavy atom. The minimum Gasteiger partial charge on any atom is -0.472 e. The summed E-state index contributed by atoms with van der Waals surface area (Å²) < 4.78 is 6.55. The Labute approximate surface area is 108 Å². The molecule has 0 fully saturated rings. The van der Waals surface area contributed by atoms with Gasteiger partial charge in [-0.15, -0.1) is 0 Å². The van der Waals surface area contributed by atoms with Crippen molar-refractivity contribution in [2.75, 3.05) is 0 Å². The highest BCUT2D eigenvalue weighted by molar-refractivity contribution is 9.10. The third-order valence-electron chi connectivity index (χ3n) is 2.22. The Morgan fingerprint density at radius 1 is 1.18 bits per heavy atom. The first kappa shape index (κ1) is 12.0. The summed E-state index contributed by atoms with van der Waals surface area (Å²) >= 11 is 3.46. The van der Waals surface area contributed by atoms with E-state index in [1.54, 1.807) is 12.4 Å². The molecule has 1 heterocycles. The lowest BCUT2D eigenvalue weighted by Gasteiger charge is -2.06. The van der Waals surface area contributed by atoms with Crippen LogP contribution < -0.4 is 10.5 Å². The van der Waals surface area contributed by atoms with Crippen LogP contribution in [0.5, 0.6) is 5.88 Å². The summed E-state index contributed by atoms with van der Waals surface area (Å²) in [7, 11) is 0. The Kier molecular flexibility index (Phi) is 4.06. The van der Waals surface area contributed by atoms with Crippen molar-refractivity contribution in [2.24, 2.45) is 5.73 Å². The molecule has 1 aromatic carbocycles. The van der Waals surface area contributed by atoms with Crippen molar-refractivity contribution >= 4 is 15.9 Å². The molecule has 0 saturated carbocycles. The van der Waals surface area contributed by atoms with Gasteiger partial charge in [-0.3, -0.25) is 4.98 Å². The Balaban J connectivity index is 2.00. The maximum Gasteiger partial charge on any atom is 0.232 e. The van der Waals surface area contributed by atoms with Gasteiger partial charge in [-0.1, -0.05) is 34.1 Å². The Morgan fingerprint density at radius 2 is 2.00 bits per heavy atom. The van der Waals surface area contributed by atoms with Crippen LogP contribution in [0.2, 0.25) is 0 Å². The second-order valence-electron chi connectivity index (χ2n) is 3.43. The second kappa shape index (κ2) is 5.75. The van der Waals surface area contributed by atoms with Gasteiger partial charge >= 0.3 is 0 Å². The molecule has 0 aliphatic carbocycles. The molecule has 2 aromatic rings. The fourth-order valence-corrected chi connectivity index (χ4v) is 1.69. The Bertz CT molecular complexity index is 487. The summed E-state index contributed by atoms with van der Waals surface area (Å²) in [6.07, 6.45) is 3.20. The van der Waals surface area contributed by atoms with E-state index in [1.807, 2.05) is 24.3 Å². The molecule has 0 aliphatic heterocycles. The summed E-state index contributed by atoms with van der Waals surface area (Å²) in [5.74, 6) is 0.498. The van der Waals surface area contributed by atoms with Gasteiger partial charge in [-0.25, -0.2) is 4.98 Å². The lowest BCUT2D eigenvalue weighted by Crippen LogP contribution is -2.02. The molecule has 1 aromatic heterocycles. The number of halogens is 1. The number of rotatable bonds is 4. The molecule has 17 heavy (non-hydrogen) atoms. The van der Waals surface area contributed by atoms with Gasteiger partial charge in [0.05, 0.1) is 18.1 Å². The van der Waals surface area contributed by atoms with Gasteiger partial charge in [0.1, 0.15) is 6.61 Å². The summed E-state index contributed by atoms with van der Waals surface area (Å²) in [6.45, 7) is 0.843. The fraction of sp³-hybridized carbons (Fsp3) is 0.167. The van der Waals surface area contributed by atoms with Crippen LogP contribution in [0.4, 0.5) is 0 Å². The number of hydrogen-bond acceptors (Lipinski definition) is 4. The lowest BCUT2D eigenvalue weighted by molar-refractivity contribution is 0.291. The minimum atomic E-state index is 0.386. The topological polar surface area (TPSA) is 61.0 Å². The van der Waals surface area contributed by atoms with Crippen LogP contribution in [-0.4, -0.2) is 9.97 Å². The van der Waals surface area contributed by atoms with Crippen LogP contribution in [0.1, 0.15) is 11.3 Å². The molecule has 0 aliphatic rings. The van der Waals surface area contributed by atoms with Gasteiger partial charge in [0.25, 0.3) is 0 Å². The first-order chi connectivity index (χ1) is 8.29. The van der Waals surface area contributed by atoms with E-state index in [-0.39, 0.29) is 0 Å². The predicted octanol–water partition coefficient (Wildman–Crippen LogP) is 2.28. The van der Waals surface area contributed by atoms with Gasteiger partial charge in [0.2, 0.25) is 5.88 Å². The van der Waals surface area contributed by atoms with Crippen molar-refractivity contribution in [3.05, 3.63) is 52.4 Å². The fourth-order valence-electron chi connectivity index (χ4n) is 1.29. The van der Waals surface area contributed by atoms with Crippen LogP contribution in [-0.2, 0) is 13.2 Å². The SMILES string of the molecule is NCc1cnc(OCc2ccccc2Br)cn1. The van der Waals surface area contributed by atoms with Crippen LogP contribution >= 0.6 is 15.9 Å². The van der Waals surface area contributed by atoms with E-state index in [4.69, 9.17) is 10.5 Å². The average molecular weight is 294 g/mol. The highest BCUT2D eigenvalue weighted by Crippen LogP contribution is 2.17. The quantitative estimate of drug-likeness (QED) is 0.939. The van der Waals surface area contributed by atoms with Gasteiger partial charge in [0, 0.05) is 16.6 Å². The molecule has 0 atom stereocenters. The van der Waals surface area contributed by atoms with Gasteiger partial charge in [0.15, 0.2) is 0 Å². The van der Waals surface area contributed by atoms with E-state index in [0.717, 1.165) is 15.7 Å². The molecule has 0 radical (unpaired) electrons. The van der Waals surface area contributed by atoms with Crippen molar-refractivity contribution < 1.29 is 4.74 Å². The number of nitrogens with two attached hydrogens (primary N) is 1.